The van der Waals surface area contributed by atoms with Gasteiger partial charge in [0, 0.05) is 50.0 Å². The predicted octanol–water partition coefficient (Wildman–Crippen LogP) is 4.14. The summed E-state index contributed by atoms with van der Waals surface area (Å²) in [7, 11) is 1.92. The van der Waals surface area contributed by atoms with Gasteiger partial charge in [-0.25, -0.2) is 5.01 Å². The molecule has 1 aliphatic heterocycles. The second kappa shape index (κ2) is 17.4. The van der Waals surface area contributed by atoms with Gasteiger partial charge in [-0.2, -0.15) is 0 Å². The first-order chi connectivity index (χ1) is 15.2. The lowest BCUT2D eigenvalue weighted by Crippen LogP contribution is -2.40. The van der Waals surface area contributed by atoms with Crippen molar-refractivity contribution < 1.29 is 0 Å². The molecule has 6 nitrogen and oxygen atoms in total. The van der Waals surface area contributed by atoms with Crippen molar-refractivity contribution >= 4 is 15.9 Å². The molecule has 1 saturated heterocycles. The molecule has 0 radical (unpaired) electrons. The minimum atomic E-state index is 0.141. The Hall–Kier alpha value is -1.12. The molecule has 0 spiro atoms. The summed E-state index contributed by atoms with van der Waals surface area (Å²) < 4.78 is 0.968. The lowest BCUT2D eigenvalue weighted by atomic mass is 9.96. The number of nitrogens with one attached hydrogen (secondary N) is 3. The first-order valence-corrected chi connectivity index (χ1v) is 12.8. The summed E-state index contributed by atoms with van der Waals surface area (Å²) in [6.45, 7) is 17.7. The number of halogens is 1. The van der Waals surface area contributed by atoms with Crippen LogP contribution in [0.3, 0.4) is 0 Å². The van der Waals surface area contributed by atoms with E-state index in [9.17, 15) is 0 Å². The molecule has 0 aromatic rings. The summed E-state index contributed by atoms with van der Waals surface area (Å²) >= 11 is 3.70. The summed E-state index contributed by atoms with van der Waals surface area (Å²) in [6.07, 6.45) is 9.59. The van der Waals surface area contributed by atoms with Crippen molar-refractivity contribution in [2.45, 2.75) is 60.8 Å². The van der Waals surface area contributed by atoms with Crippen LogP contribution in [0.4, 0.5) is 0 Å². The predicted molar refractivity (Wildman–Crippen MR) is 145 cm³/mol. The average Bonchev–Trinajstić information content (AvgIpc) is 2.75. The molecule has 1 heterocycles. The lowest BCUT2D eigenvalue weighted by molar-refractivity contribution is 0.209. The summed E-state index contributed by atoms with van der Waals surface area (Å²) in [5.74, 6) is 6.26. The molecule has 186 valence electrons. The third-order valence-corrected chi connectivity index (χ3v) is 5.52. The Morgan fingerprint density at radius 2 is 1.94 bits per heavy atom. The highest BCUT2D eigenvalue weighted by Gasteiger charge is 2.16. The lowest BCUT2D eigenvalue weighted by Gasteiger charge is -2.27. The maximum absolute atomic E-state index is 6.50. The molecule has 0 amide bonds. The van der Waals surface area contributed by atoms with Gasteiger partial charge in [-0.3, -0.25) is 5.84 Å². The van der Waals surface area contributed by atoms with Crippen LogP contribution in [0.2, 0.25) is 0 Å². The fourth-order valence-corrected chi connectivity index (χ4v) is 3.93. The van der Waals surface area contributed by atoms with Gasteiger partial charge in [0.2, 0.25) is 0 Å². The largest absolute Gasteiger partial charge is 0.398 e. The number of hydrogen-bond acceptors (Lipinski definition) is 6. The third-order valence-electron chi connectivity index (χ3n) is 4.81. The zero-order chi connectivity index (χ0) is 24.6. The van der Waals surface area contributed by atoms with Crippen LogP contribution in [0.1, 0.15) is 60.8 Å². The normalized spacial score (nSPS) is 17.8. The van der Waals surface area contributed by atoms with Crippen LogP contribution >= 0.6 is 15.9 Å². The van der Waals surface area contributed by atoms with Crippen molar-refractivity contribution in [3.8, 4) is 0 Å². The van der Waals surface area contributed by atoms with Gasteiger partial charge in [-0.05, 0) is 54.6 Å². The van der Waals surface area contributed by atoms with Crippen molar-refractivity contribution in [1.29, 1.82) is 0 Å². The summed E-state index contributed by atoms with van der Waals surface area (Å²) in [4.78, 5) is 0. The highest BCUT2D eigenvalue weighted by atomic mass is 79.9. The molecule has 32 heavy (non-hydrogen) atoms. The molecular weight excluding hydrogens is 464 g/mol. The Kier molecular flexibility index (Phi) is 16.8. The standard InChI is InChI=1S/C23H43BrN6.C2H6/c1-6-8-20(16-30(26)17-23(2,3)4)22(25)21(24)15-29-14-19(10-12-27-5)18-9-7-11-28-13-18;1-2/h8,10,12,27-29H,6-7,9,11,13-17,25-26H2,1-5H3;1-2H3/b12-10-,19-18+,20-8-,22-21-;. The molecule has 0 bridgehead atoms. The van der Waals surface area contributed by atoms with Crippen molar-refractivity contribution in [2.24, 2.45) is 17.0 Å². The average molecular weight is 514 g/mol. The quantitative estimate of drug-likeness (QED) is 0.162. The minimum absolute atomic E-state index is 0.141. The molecular formula is C25H49BrN6. The summed E-state index contributed by atoms with van der Waals surface area (Å²) in [5.41, 5.74) is 11.3. The summed E-state index contributed by atoms with van der Waals surface area (Å²) in [5, 5.41) is 12.0. The molecule has 7 N–H and O–H groups in total. The number of piperidine rings is 1. The van der Waals surface area contributed by atoms with E-state index in [1.165, 1.54) is 17.6 Å². The van der Waals surface area contributed by atoms with Gasteiger partial charge in [0.15, 0.2) is 0 Å². The highest BCUT2D eigenvalue weighted by molar-refractivity contribution is 9.11. The number of allylic oxidation sites excluding steroid dienone is 1. The fraction of sp³-hybridized carbons (Fsp3) is 0.680. The topological polar surface area (TPSA) is 91.4 Å². The van der Waals surface area contributed by atoms with E-state index in [1.54, 1.807) is 0 Å². The van der Waals surface area contributed by atoms with E-state index in [1.807, 2.05) is 32.1 Å². The zero-order valence-corrected chi connectivity index (χ0v) is 23.2. The molecule has 7 heteroatoms. The Morgan fingerprint density at radius 3 is 2.47 bits per heavy atom. The van der Waals surface area contributed by atoms with E-state index in [4.69, 9.17) is 11.6 Å². The molecule has 0 saturated carbocycles. The summed E-state index contributed by atoms with van der Waals surface area (Å²) in [6, 6.07) is 0. The van der Waals surface area contributed by atoms with Gasteiger partial charge < -0.3 is 21.7 Å². The van der Waals surface area contributed by atoms with Crippen LogP contribution in [0.15, 0.2) is 45.3 Å². The Morgan fingerprint density at radius 1 is 1.25 bits per heavy atom. The number of hydrazine groups is 1. The second-order valence-electron chi connectivity index (χ2n) is 9.06. The van der Waals surface area contributed by atoms with Crippen molar-refractivity contribution in [3.63, 3.8) is 0 Å². The number of rotatable bonds is 11. The molecule has 0 aliphatic carbocycles. The van der Waals surface area contributed by atoms with E-state index in [2.05, 4.69) is 71.7 Å². The smallest absolute Gasteiger partial charge is 0.0473 e. The number of nitrogens with two attached hydrogens (primary N) is 2. The third kappa shape index (κ3) is 13.4. The highest BCUT2D eigenvalue weighted by Crippen LogP contribution is 2.19. The van der Waals surface area contributed by atoms with Crippen molar-refractivity contribution in [2.75, 3.05) is 46.3 Å². The first-order valence-electron chi connectivity index (χ1n) is 12.0. The van der Waals surface area contributed by atoms with Gasteiger partial charge in [0.1, 0.15) is 0 Å². The van der Waals surface area contributed by atoms with Gasteiger partial charge in [-0.15, -0.1) is 0 Å². The van der Waals surface area contributed by atoms with Crippen LogP contribution < -0.4 is 27.5 Å². The number of hydrogen-bond donors (Lipinski definition) is 5. The van der Waals surface area contributed by atoms with Crippen LogP contribution in [-0.4, -0.2) is 51.3 Å². The van der Waals surface area contributed by atoms with Gasteiger partial charge in [-0.1, -0.05) is 69.1 Å². The SMILES string of the molecule is CC.CC/C=C(CN(N)CC(C)(C)C)\C(N)=C(\Br)CNCC(/C=C\NC)=C1\CCCNC1. The Bertz CT molecular complexity index is 635. The van der Waals surface area contributed by atoms with E-state index >= 15 is 0 Å². The molecule has 0 aromatic heterocycles. The first kappa shape index (κ1) is 30.9. The molecule has 1 rings (SSSR count). The molecule has 1 fully saturated rings. The fourth-order valence-electron chi connectivity index (χ4n) is 3.48. The maximum Gasteiger partial charge on any atom is 0.0473 e. The minimum Gasteiger partial charge on any atom is -0.398 e. The Labute approximate surface area is 206 Å². The maximum atomic E-state index is 6.50. The molecule has 1 aliphatic rings. The van der Waals surface area contributed by atoms with Crippen LogP contribution in [-0.2, 0) is 0 Å². The van der Waals surface area contributed by atoms with Gasteiger partial charge in [0.05, 0.1) is 0 Å². The van der Waals surface area contributed by atoms with Gasteiger partial charge in [0.25, 0.3) is 0 Å². The molecule has 0 aromatic carbocycles. The monoisotopic (exact) mass is 512 g/mol. The van der Waals surface area contributed by atoms with E-state index in [0.29, 0.717) is 13.1 Å². The van der Waals surface area contributed by atoms with E-state index in [-0.39, 0.29) is 5.41 Å². The van der Waals surface area contributed by atoms with Crippen LogP contribution in [0.25, 0.3) is 0 Å². The zero-order valence-electron chi connectivity index (χ0n) is 21.6. The molecule has 0 atom stereocenters. The van der Waals surface area contributed by atoms with Crippen LogP contribution in [0.5, 0.6) is 0 Å². The van der Waals surface area contributed by atoms with Crippen molar-refractivity contribution in [1.82, 2.24) is 21.0 Å². The number of nitrogens with zero attached hydrogens (tertiary/aromatic N) is 1. The van der Waals surface area contributed by atoms with Gasteiger partial charge >= 0.3 is 0 Å². The second-order valence-corrected chi connectivity index (χ2v) is 10.0. The molecule has 0 unspecified atom stereocenters. The van der Waals surface area contributed by atoms with Crippen molar-refractivity contribution in [3.05, 3.63) is 45.3 Å². The van der Waals surface area contributed by atoms with E-state index < -0.39 is 0 Å². The van der Waals surface area contributed by atoms with Crippen LogP contribution in [0, 0.1) is 5.41 Å². The van der Waals surface area contributed by atoms with E-state index in [0.717, 1.165) is 54.8 Å². The Balaban J connectivity index is 0.00000466.